The maximum atomic E-state index is 12.6. The minimum atomic E-state index is -0.430. The summed E-state index contributed by atoms with van der Waals surface area (Å²) in [5, 5.41) is 9.55. The molecule has 168 valence electrons. The lowest BCUT2D eigenvalue weighted by Crippen LogP contribution is -2.39. The molecule has 2 aromatic carbocycles. The average molecular weight is 438 g/mol. The number of hydrogen-bond acceptors (Lipinski definition) is 7. The number of benzene rings is 2. The fourth-order valence-electron chi connectivity index (χ4n) is 2.94. The number of ether oxygens (including phenoxy) is 1. The Hall–Kier alpha value is -3.72. The summed E-state index contributed by atoms with van der Waals surface area (Å²) < 4.78 is 10.4. The van der Waals surface area contributed by atoms with Crippen LogP contribution in [0.3, 0.4) is 0 Å². The van der Waals surface area contributed by atoms with Crippen LogP contribution in [0.1, 0.15) is 35.9 Å². The lowest BCUT2D eigenvalue weighted by molar-refractivity contribution is -0.120. The number of carbonyl (C=O) groups excluding carboxylic acids is 2. The number of aromatic nitrogens is 2. The van der Waals surface area contributed by atoms with E-state index in [1.807, 2.05) is 31.0 Å². The molecule has 9 heteroatoms. The second-order valence-electron chi connectivity index (χ2n) is 7.27. The van der Waals surface area contributed by atoms with Crippen LogP contribution < -0.4 is 15.4 Å². The van der Waals surface area contributed by atoms with Crippen molar-refractivity contribution < 1.29 is 18.8 Å². The molecule has 3 aromatic rings. The molecule has 2 amide bonds. The molecule has 0 spiro atoms. The molecule has 0 saturated heterocycles. The molecular weight excluding hydrogens is 410 g/mol. The van der Waals surface area contributed by atoms with Crippen molar-refractivity contribution in [3.63, 3.8) is 0 Å². The minimum Gasteiger partial charge on any atom is -0.495 e. The predicted molar refractivity (Wildman–Crippen MR) is 121 cm³/mol. The standard InChI is InChI=1S/C23H27N5O4/c1-5-20-26-21(32-27-20)14-28(3)15(2)22(29)24-17-12-10-16(11-13-17)23(30)25-18-8-6-7-9-19(18)31-4/h6-13,15H,5,14H2,1-4H3,(H,24,29)(H,25,30). The summed E-state index contributed by atoms with van der Waals surface area (Å²) in [6.45, 7) is 4.10. The smallest absolute Gasteiger partial charge is 0.255 e. The first-order valence-electron chi connectivity index (χ1n) is 10.3. The number of para-hydroxylation sites is 2. The van der Waals surface area contributed by atoms with Gasteiger partial charge in [-0.25, -0.2) is 0 Å². The Labute approximate surface area is 186 Å². The molecule has 3 rings (SSSR count). The highest BCUT2D eigenvalue weighted by Gasteiger charge is 2.20. The van der Waals surface area contributed by atoms with E-state index >= 15 is 0 Å². The Morgan fingerprint density at radius 3 is 2.50 bits per heavy atom. The first kappa shape index (κ1) is 23.0. The molecule has 9 nitrogen and oxygen atoms in total. The molecule has 32 heavy (non-hydrogen) atoms. The Morgan fingerprint density at radius 1 is 1.12 bits per heavy atom. The lowest BCUT2D eigenvalue weighted by Gasteiger charge is -2.22. The van der Waals surface area contributed by atoms with E-state index in [0.29, 0.717) is 47.4 Å². The molecule has 0 fully saturated rings. The van der Waals surface area contributed by atoms with E-state index in [-0.39, 0.29) is 11.8 Å². The van der Waals surface area contributed by atoms with Crippen LogP contribution in [0.25, 0.3) is 0 Å². The number of nitrogens with one attached hydrogen (secondary N) is 2. The number of hydrogen-bond donors (Lipinski definition) is 2. The third kappa shape index (κ3) is 5.70. The van der Waals surface area contributed by atoms with Crippen molar-refractivity contribution in [3.05, 3.63) is 65.8 Å². The van der Waals surface area contributed by atoms with Crippen LogP contribution >= 0.6 is 0 Å². The van der Waals surface area contributed by atoms with Gasteiger partial charge in [-0.2, -0.15) is 4.98 Å². The van der Waals surface area contributed by atoms with Crippen molar-refractivity contribution in [2.45, 2.75) is 32.9 Å². The Bertz CT molecular complexity index is 1060. The van der Waals surface area contributed by atoms with Crippen LogP contribution in [0.4, 0.5) is 11.4 Å². The van der Waals surface area contributed by atoms with Crippen molar-refractivity contribution in [2.24, 2.45) is 0 Å². The second-order valence-corrected chi connectivity index (χ2v) is 7.27. The first-order chi connectivity index (χ1) is 15.4. The SMILES string of the molecule is CCc1noc(CN(C)C(C)C(=O)Nc2ccc(C(=O)Nc3ccccc3OC)cc2)n1. The van der Waals surface area contributed by atoms with Crippen molar-refractivity contribution in [1.82, 2.24) is 15.0 Å². The zero-order valence-corrected chi connectivity index (χ0v) is 18.6. The molecule has 1 aromatic heterocycles. The Balaban J connectivity index is 1.57. The summed E-state index contributed by atoms with van der Waals surface area (Å²) in [4.78, 5) is 31.2. The number of likely N-dealkylation sites (N-methyl/N-ethyl adjacent to an activating group) is 1. The molecule has 0 aliphatic rings. The molecular formula is C23H27N5O4. The van der Waals surface area contributed by atoms with Gasteiger partial charge in [-0.05, 0) is 50.4 Å². The van der Waals surface area contributed by atoms with Gasteiger partial charge in [0.2, 0.25) is 11.8 Å². The van der Waals surface area contributed by atoms with Crippen LogP contribution in [-0.4, -0.2) is 47.1 Å². The molecule has 1 atom stereocenters. The summed E-state index contributed by atoms with van der Waals surface area (Å²) in [6.07, 6.45) is 0.691. The average Bonchev–Trinajstić information content (AvgIpc) is 3.26. The maximum Gasteiger partial charge on any atom is 0.255 e. The van der Waals surface area contributed by atoms with E-state index < -0.39 is 6.04 Å². The predicted octanol–water partition coefficient (Wildman–Crippen LogP) is 3.35. The highest BCUT2D eigenvalue weighted by Crippen LogP contribution is 2.24. The number of methoxy groups -OCH3 is 1. The van der Waals surface area contributed by atoms with Crippen molar-refractivity contribution >= 4 is 23.2 Å². The summed E-state index contributed by atoms with van der Waals surface area (Å²) >= 11 is 0. The fourth-order valence-corrected chi connectivity index (χ4v) is 2.94. The lowest BCUT2D eigenvalue weighted by atomic mass is 10.1. The van der Waals surface area contributed by atoms with Gasteiger partial charge in [0, 0.05) is 17.7 Å². The zero-order valence-electron chi connectivity index (χ0n) is 18.6. The van der Waals surface area contributed by atoms with E-state index in [1.165, 1.54) is 0 Å². The van der Waals surface area contributed by atoms with Crippen LogP contribution in [-0.2, 0) is 17.8 Å². The van der Waals surface area contributed by atoms with Gasteiger partial charge < -0.3 is 19.9 Å². The van der Waals surface area contributed by atoms with Crippen LogP contribution in [0.5, 0.6) is 5.75 Å². The molecule has 0 saturated carbocycles. The van der Waals surface area contributed by atoms with Gasteiger partial charge in [0.05, 0.1) is 25.4 Å². The van der Waals surface area contributed by atoms with Gasteiger partial charge in [-0.3, -0.25) is 14.5 Å². The largest absolute Gasteiger partial charge is 0.495 e. The molecule has 1 heterocycles. The number of carbonyl (C=O) groups is 2. The van der Waals surface area contributed by atoms with Crippen molar-refractivity contribution in [2.75, 3.05) is 24.8 Å². The van der Waals surface area contributed by atoms with Gasteiger partial charge in [0.15, 0.2) is 5.82 Å². The molecule has 2 N–H and O–H groups in total. The van der Waals surface area contributed by atoms with E-state index in [2.05, 4.69) is 20.8 Å². The van der Waals surface area contributed by atoms with E-state index in [9.17, 15) is 9.59 Å². The van der Waals surface area contributed by atoms with Crippen LogP contribution in [0, 0.1) is 0 Å². The topological polar surface area (TPSA) is 110 Å². The van der Waals surface area contributed by atoms with Gasteiger partial charge in [0.1, 0.15) is 5.75 Å². The number of amides is 2. The maximum absolute atomic E-state index is 12.6. The van der Waals surface area contributed by atoms with Gasteiger partial charge >= 0.3 is 0 Å². The fraction of sp³-hybridized carbons (Fsp3) is 0.304. The zero-order chi connectivity index (χ0) is 23.1. The molecule has 0 aliphatic heterocycles. The first-order valence-corrected chi connectivity index (χ1v) is 10.3. The summed E-state index contributed by atoms with van der Waals surface area (Å²) in [7, 11) is 3.36. The van der Waals surface area contributed by atoms with E-state index in [4.69, 9.17) is 9.26 Å². The monoisotopic (exact) mass is 437 g/mol. The number of anilines is 2. The van der Waals surface area contributed by atoms with Gasteiger partial charge in [-0.1, -0.05) is 24.2 Å². The van der Waals surface area contributed by atoms with E-state index in [0.717, 1.165) is 0 Å². The summed E-state index contributed by atoms with van der Waals surface area (Å²) in [5.41, 5.74) is 1.64. The van der Waals surface area contributed by atoms with Crippen LogP contribution in [0.15, 0.2) is 53.1 Å². The highest BCUT2D eigenvalue weighted by atomic mass is 16.5. The third-order valence-electron chi connectivity index (χ3n) is 5.02. The quantitative estimate of drug-likeness (QED) is 0.528. The molecule has 0 radical (unpaired) electrons. The molecule has 0 bridgehead atoms. The van der Waals surface area contributed by atoms with Crippen LogP contribution in [0.2, 0.25) is 0 Å². The summed E-state index contributed by atoms with van der Waals surface area (Å²) in [5.74, 6) is 1.23. The third-order valence-corrected chi connectivity index (χ3v) is 5.02. The molecule has 0 aliphatic carbocycles. The van der Waals surface area contributed by atoms with Gasteiger partial charge in [0.25, 0.3) is 5.91 Å². The van der Waals surface area contributed by atoms with Gasteiger partial charge in [-0.15, -0.1) is 0 Å². The number of rotatable bonds is 9. The minimum absolute atomic E-state index is 0.186. The van der Waals surface area contributed by atoms with E-state index in [1.54, 1.807) is 50.4 Å². The second kappa shape index (κ2) is 10.5. The normalized spacial score (nSPS) is 11.8. The number of aryl methyl sites for hydroxylation is 1. The molecule has 1 unspecified atom stereocenters. The highest BCUT2D eigenvalue weighted by molar-refractivity contribution is 6.05. The Kier molecular flexibility index (Phi) is 7.56. The summed E-state index contributed by atoms with van der Waals surface area (Å²) in [6, 6.07) is 13.4. The number of nitrogens with zero attached hydrogens (tertiary/aromatic N) is 3. The Morgan fingerprint density at radius 2 is 1.84 bits per heavy atom. The van der Waals surface area contributed by atoms with Crippen molar-refractivity contribution in [3.8, 4) is 5.75 Å². The van der Waals surface area contributed by atoms with Crippen molar-refractivity contribution in [1.29, 1.82) is 0 Å².